The fraction of sp³-hybridized carbons (Fsp3) is 0.417. The Morgan fingerprint density at radius 3 is 2.81 bits per heavy atom. The van der Waals surface area contributed by atoms with Gasteiger partial charge >= 0.3 is 0 Å². The van der Waals surface area contributed by atoms with Gasteiger partial charge in [0.05, 0.1) is 16.7 Å². The fourth-order valence-corrected chi connectivity index (χ4v) is 2.10. The van der Waals surface area contributed by atoms with Crippen molar-refractivity contribution in [2.24, 2.45) is 5.92 Å². The first-order chi connectivity index (χ1) is 7.66. The summed E-state index contributed by atoms with van der Waals surface area (Å²) in [5.74, 6) is 0.269. The number of benzene rings is 1. The molecule has 1 saturated heterocycles. The molecule has 1 aromatic rings. The molecule has 1 aliphatic rings. The molecule has 1 aromatic carbocycles. The summed E-state index contributed by atoms with van der Waals surface area (Å²) < 4.78 is 5.19. The first kappa shape index (κ1) is 11.9. The SMILES string of the molecule is O=C(Cc1ccc(Cl)c(Cl)c1)C1CCOC1. The largest absolute Gasteiger partial charge is 0.381 e. The summed E-state index contributed by atoms with van der Waals surface area (Å²) in [7, 11) is 0. The van der Waals surface area contributed by atoms with E-state index in [1.54, 1.807) is 12.1 Å². The van der Waals surface area contributed by atoms with Gasteiger partial charge in [-0.05, 0) is 24.1 Å². The summed E-state index contributed by atoms with van der Waals surface area (Å²) in [6.45, 7) is 1.25. The van der Waals surface area contributed by atoms with E-state index < -0.39 is 0 Å². The highest BCUT2D eigenvalue weighted by Crippen LogP contribution is 2.24. The Hall–Kier alpha value is -0.570. The minimum absolute atomic E-state index is 0.0504. The van der Waals surface area contributed by atoms with Crippen LogP contribution in [-0.4, -0.2) is 19.0 Å². The number of Topliss-reactive ketones (excluding diaryl/α,β-unsaturated/α-hetero) is 1. The van der Waals surface area contributed by atoms with E-state index in [2.05, 4.69) is 0 Å². The lowest BCUT2D eigenvalue weighted by molar-refractivity contribution is -0.122. The Labute approximate surface area is 104 Å². The predicted molar refractivity (Wildman–Crippen MR) is 64.1 cm³/mol. The van der Waals surface area contributed by atoms with Crippen molar-refractivity contribution in [1.29, 1.82) is 0 Å². The van der Waals surface area contributed by atoms with Crippen molar-refractivity contribution in [3.8, 4) is 0 Å². The molecule has 4 heteroatoms. The fourth-order valence-electron chi connectivity index (χ4n) is 1.78. The van der Waals surface area contributed by atoms with E-state index in [9.17, 15) is 4.79 Å². The molecule has 16 heavy (non-hydrogen) atoms. The normalized spacial score (nSPS) is 20.0. The second kappa shape index (κ2) is 5.17. The van der Waals surface area contributed by atoms with Gasteiger partial charge in [0.25, 0.3) is 0 Å². The van der Waals surface area contributed by atoms with Crippen LogP contribution < -0.4 is 0 Å². The van der Waals surface area contributed by atoms with Crippen molar-refractivity contribution in [3.63, 3.8) is 0 Å². The van der Waals surface area contributed by atoms with Crippen LogP contribution in [-0.2, 0) is 16.0 Å². The second-order valence-corrected chi connectivity index (χ2v) is 4.77. The van der Waals surface area contributed by atoms with Crippen LogP contribution >= 0.6 is 23.2 Å². The first-order valence-corrected chi connectivity index (χ1v) is 5.97. The summed E-state index contributed by atoms with van der Waals surface area (Å²) in [5.41, 5.74) is 0.909. The van der Waals surface area contributed by atoms with E-state index in [1.807, 2.05) is 6.07 Å². The van der Waals surface area contributed by atoms with Crippen LogP contribution in [0.5, 0.6) is 0 Å². The Kier molecular flexibility index (Phi) is 3.85. The molecular formula is C12H12Cl2O2. The molecule has 1 unspecified atom stereocenters. The highest BCUT2D eigenvalue weighted by Gasteiger charge is 2.23. The Morgan fingerprint density at radius 1 is 1.38 bits per heavy atom. The van der Waals surface area contributed by atoms with Crippen molar-refractivity contribution >= 4 is 29.0 Å². The third-order valence-corrected chi connectivity index (χ3v) is 3.49. The number of carbonyl (C=O) groups excluding carboxylic acids is 1. The van der Waals surface area contributed by atoms with Crippen LogP contribution in [0.4, 0.5) is 0 Å². The molecule has 0 bridgehead atoms. The van der Waals surface area contributed by atoms with Crippen molar-refractivity contribution < 1.29 is 9.53 Å². The quantitative estimate of drug-likeness (QED) is 0.833. The molecule has 0 radical (unpaired) electrons. The van der Waals surface area contributed by atoms with Crippen LogP contribution in [0, 0.1) is 5.92 Å². The van der Waals surface area contributed by atoms with Crippen LogP contribution in [0.25, 0.3) is 0 Å². The number of rotatable bonds is 3. The van der Waals surface area contributed by atoms with Gasteiger partial charge in [0.1, 0.15) is 5.78 Å². The second-order valence-electron chi connectivity index (χ2n) is 3.95. The van der Waals surface area contributed by atoms with Crippen LogP contribution in [0.2, 0.25) is 10.0 Å². The van der Waals surface area contributed by atoms with Gasteiger partial charge in [-0.3, -0.25) is 4.79 Å². The standard InChI is InChI=1S/C12H12Cl2O2/c13-10-2-1-8(5-11(10)14)6-12(15)9-3-4-16-7-9/h1-2,5,9H,3-4,6-7H2. The zero-order valence-electron chi connectivity index (χ0n) is 8.71. The third kappa shape index (κ3) is 2.76. The molecule has 1 aliphatic heterocycles. The molecule has 0 aromatic heterocycles. The zero-order valence-corrected chi connectivity index (χ0v) is 10.2. The van der Waals surface area contributed by atoms with Crippen molar-refractivity contribution in [1.82, 2.24) is 0 Å². The molecule has 1 atom stereocenters. The molecule has 1 fully saturated rings. The molecule has 86 valence electrons. The molecule has 0 saturated carbocycles. The molecule has 2 rings (SSSR count). The maximum absolute atomic E-state index is 11.9. The number of ketones is 1. The summed E-state index contributed by atoms with van der Waals surface area (Å²) in [5, 5.41) is 1.01. The number of hydrogen-bond donors (Lipinski definition) is 0. The van der Waals surface area contributed by atoms with E-state index in [4.69, 9.17) is 27.9 Å². The Balaban J connectivity index is 2.02. The Bertz CT molecular complexity index is 398. The molecule has 2 nitrogen and oxygen atoms in total. The Morgan fingerprint density at radius 2 is 2.19 bits per heavy atom. The average Bonchev–Trinajstić information content (AvgIpc) is 2.77. The zero-order chi connectivity index (χ0) is 11.5. The number of carbonyl (C=O) groups is 1. The maximum atomic E-state index is 11.9. The van der Waals surface area contributed by atoms with Crippen LogP contribution in [0.3, 0.4) is 0 Å². The van der Waals surface area contributed by atoms with Crippen molar-refractivity contribution in [2.75, 3.05) is 13.2 Å². The molecule has 0 amide bonds. The van der Waals surface area contributed by atoms with Gasteiger partial charge in [0, 0.05) is 18.9 Å². The minimum Gasteiger partial charge on any atom is -0.381 e. The molecule has 1 heterocycles. The van der Waals surface area contributed by atoms with Gasteiger partial charge in [-0.1, -0.05) is 29.3 Å². The van der Waals surface area contributed by atoms with Crippen LogP contribution in [0.15, 0.2) is 18.2 Å². The van der Waals surface area contributed by atoms with E-state index in [1.165, 1.54) is 0 Å². The van der Waals surface area contributed by atoms with Gasteiger partial charge in [-0.25, -0.2) is 0 Å². The van der Waals surface area contributed by atoms with Crippen molar-refractivity contribution in [3.05, 3.63) is 33.8 Å². The van der Waals surface area contributed by atoms with Gasteiger partial charge < -0.3 is 4.74 Å². The van der Waals surface area contributed by atoms with Gasteiger partial charge in [0.15, 0.2) is 0 Å². The summed E-state index contributed by atoms with van der Waals surface area (Å²) in [6, 6.07) is 5.30. The molecule has 0 aliphatic carbocycles. The first-order valence-electron chi connectivity index (χ1n) is 5.21. The molecule has 0 N–H and O–H groups in total. The lowest BCUT2D eigenvalue weighted by Gasteiger charge is -2.07. The van der Waals surface area contributed by atoms with Gasteiger partial charge in [-0.2, -0.15) is 0 Å². The summed E-state index contributed by atoms with van der Waals surface area (Å²) in [4.78, 5) is 11.9. The third-order valence-electron chi connectivity index (χ3n) is 2.75. The van der Waals surface area contributed by atoms with Crippen molar-refractivity contribution in [2.45, 2.75) is 12.8 Å². The van der Waals surface area contributed by atoms with Gasteiger partial charge in [-0.15, -0.1) is 0 Å². The summed E-state index contributed by atoms with van der Waals surface area (Å²) in [6.07, 6.45) is 1.24. The van der Waals surface area contributed by atoms with Gasteiger partial charge in [0.2, 0.25) is 0 Å². The minimum atomic E-state index is 0.0504. The van der Waals surface area contributed by atoms with E-state index >= 15 is 0 Å². The van der Waals surface area contributed by atoms with E-state index in [0.717, 1.165) is 12.0 Å². The topological polar surface area (TPSA) is 26.3 Å². The lowest BCUT2D eigenvalue weighted by atomic mass is 9.97. The number of hydrogen-bond acceptors (Lipinski definition) is 2. The smallest absolute Gasteiger partial charge is 0.142 e. The van der Waals surface area contributed by atoms with E-state index in [-0.39, 0.29) is 11.7 Å². The molecular weight excluding hydrogens is 247 g/mol. The predicted octanol–water partition coefficient (Wildman–Crippen LogP) is 3.14. The number of halogens is 2. The average molecular weight is 259 g/mol. The molecule has 0 spiro atoms. The monoisotopic (exact) mass is 258 g/mol. The highest BCUT2D eigenvalue weighted by molar-refractivity contribution is 6.42. The van der Waals surface area contributed by atoms with E-state index in [0.29, 0.717) is 29.7 Å². The maximum Gasteiger partial charge on any atom is 0.142 e. The van der Waals surface area contributed by atoms with Crippen LogP contribution in [0.1, 0.15) is 12.0 Å². The highest BCUT2D eigenvalue weighted by atomic mass is 35.5. The number of ether oxygens (including phenoxy) is 1. The lowest BCUT2D eigenvalue weighted by Crippen LogP contribution is -2.16. The summed E-state index contributed by atoms with van der Waals surface area (Å²) >= 11 is 11.7.